The van der Waals surface area contributed by atoms with Gasteiger partial charge in [-0.3, -0.25) is 0 Å². The number of nitrogen functional groups attached to an aromatic ring is 1. The molecule has 18 heavy (non-hydrogen) atoms. The number of rotatable bonds is 4. The lowest BCUT2D eigenvalue weighted by molar-refractivity contribution is 0.00689. The summed E-state index contributed by atoms with van der Waals surface area (Å²) in [5.41, 5.74) is 7.84. The van der Waals surface area contributed by atoms with Crippen molar-refractivity contribution in [2.24, 2.45) is 0 Å². The highest BCUT2D eigenvalue weighted by Crippen LogP contribution is 2.24. The van der Waals surface area contributed by atoms with Crippen molar-refractivity contribution >= 4 is 28.5 Å². The van der Waals surface area contributed by atoms with Crippen molar-refractivity contribution < 1.29 is 9.15 Å². The van der Waals surface area contributed by atoms with Crippen molar-refractivity contribution in [3.8, 4) is 0 Å². The summed E-state index contributed by atoms with van der Waals surface area (Å²) < 4.78 is 11.2. The second kappa shape index (κ2) is 5.20. The first-order valence-corrected chi connectivity index (χ1v) is 6.85. The largest absolute Gasteiger partial charge is 0.431 e. The topological polar surface area (TPSA) is 61.3 Å². The maximum Gasteiger partial charge on any atom is 0.256 e. The van der Waals surface area contributed by atoms with Crippen molar-refractivity contribution in [1.29, 1.82) is 0 Å². The molecule has 2 N–H and O–H groups in total. The second-order valence-electron chi connectivity index (χ2n) is 5.02. The number of aromatic nitrogens is 1. The van der Waals surface area contributed by atoms with Crippen LogP contribution in [0.15, 0.2) is 27.8 Å². The first kappa shape index (κ1) is 13.2. The van der Waals surface area contributed by atoms with Gasteiger partial charge in [0.05, 0.1) is 12.2 Å². The van der Waals surface area contributed by atoms with Crippen LogP contribution < -0.4 is 5.73 Å². The van der Waals surface area contributed by atoms with Crippen LogP contribution in [0, 0.1) is 0 Å². The number of nitrogens with two attached hydrogens (primary N) is 1. The van der Waals surface area contributed by atoms with Gasteiger partial charge in [0.15, 0.2) is 5.58 Å². The van der Waals surface area contributed by atoms with Crippen LogP contribution in [0.1, 0.15) is 20.8 Å². The van der Waals surface area contributed by atoms with Gasteiger partial charge >= 0.3 is 0 Å². The predicted octanol–water partition coefficient (Wildman–Crippen LogP) is 3.32. The summed E-state index contributed by atoms with van der Waals surface area (Å²) in [5, 5.41) is 0.660. The normalized spacial score (nSPS) is 12.2. The van der Waals surface area contributed by atoms with E-state index in [-0.39, 0.29) is 5.60 Å². The van der Waals surface area contributed by atoms with Gasteiger partial charge < -0.3 is 14.9 Å². The minimum absolute atomic E-state index is 0.101. The van der Waals surface area contributed by atoms with E-state index in [2.05, 4.69) is 4.98 Å². The molecule has 2 rings (SSSR count). The van der Waals surface area contributed by atoms with Gasteiger partial charge in [0.25, 0.3) is 5.22 Å². The molecule has 0 fully saturated rings. The van der Waals surface area contributed by atoms with Gasteiger partial charge in [0, 0.05) is 17.5 Å². The Hall–Kier alpha value is -1.20. The Morgan fingerprint density at radius 1 is 1.39 bits per heavy atom. The molecule has 0 radical (unpaired) electrons. The van der Waals surface area contributed by atoms with Crippen molar-refractivity contribution in [2.45, 2.75) is 31.6 Å². The highest BCUT2D eigenvalue weighted by atomic mass is 32.2. The minimum atomic E-state index is -0.101. The molecule has 0 aliphatic rings. The third-order valence-corrected chi connectivity index (χ3v) is 3.03. The third-order valence-electron chi connectivity index (χ3n) is 2.24. The van der Waals surface area contributed by atoms with Crippen LogP contribution in [0.2, 0.25) is 0 Å². The zero-order valence-electron chi connectivity index (χ0n) is 10.9. The number of benzene rings is 1. The quantitative estimate of drug-likeness (QED) is 0.522. The number of nitrogens with zero attached hydrogens (tertiary/aromatic N) is 1. The molecule has 0 bridgehead atoms. The fraction of sp³-hybridized carbons (Fsp3) is 0.462. The van der Waals surface area contributed by atoms with Gasteiger partial charge in [0.2, 0.25) is 0 Å². The molecule has 0 spiro atoms. The fourth-order valence-electron chi connectivity index (χ4n) is 1.46. The van der Waals surface area contributed by atoms with E-state index in [1.807, 2.05) is 32.9 Å². The Labute approximate surface area is 111 Å². The third kappa shape index (κ3) is 3.65. The first-order valence-electron chi connectivity index (χ1n) is 5.87. The van der Waals surface area contributed by atoms with Crippen LogP contribution in [-0.4, -0.2) is 22.9 Å². The minimum Gasteiger partial charge on any atom is -0.431 e. The van der Waals surface area contributed by atoms with E-state index >= 15 is 0 Å². The van der Waals surface area contributed by atoms with E-state index in [1.165, 1.54) is 0 Å². The van der Waals surface area contributed by atoms with E-state index in [9.17, 15) is 0 Å². The molecule has 1 heterocycles. The van der Waals surface area contributed by atoms with Crippen LogP contribution in [-0.2, 0) is 4.74 Å². The summed E-state index contributed by atoms with van der Waals surface area (Å²) in [6.45, 7) is 6.80. The fourth-order valence-corrected chi connectivity index (χ4v) is 2.11. The van der Waals surface area contributed by atoms with E-state index in [0.29, 0.717) is 17.5 Å². The van der Waals surface area contributed by atoms with Gasteiger partial charge in [0.1, 0.15) is 5.52 Å². The Morgan fingerprint density at radius 3 is 2.89 bits per heavy atom. The zero-order chi connectivity index (χ0) is 13.2. The van der Waals surface area contributed by atoms with Crippen LogP contribution in [0.4, 0.5) is 5.69 Å². The molecular formula is C13H18N2O2S. The summed E-state index contributed by atoms with van der Waals surface area (Å²) in [4.78, 5) is 4.37. The molecule has 5 heteroatoms. The van der Waals surface area contributed by atoms with Crippen molar-refractivity contribution in [1.82, 2.24) is 4.98 Å². The van der Waals surface area contributed by atoms with E-state index in [4.69, 9.17) is 14.9 Å². The standard InChI is InChI=1S/C13H18N2O2S/c1-13(2,3)16-6-7-18-12-15-10-5-4-9(14)8-11(10)17-12/h4-5,8H,6-7,14H2,1-3H3. The van der Waals surface area contributed by atoms with Crippen molar-refractivity contribution in [2.75, 3.05) is 18.1 Å². The number of anilines is 1. The number of oxazole rings is 1. The first-order chi connectivity index (χ1) is 8.44. The van der Waals surface area contributed by atoms with Crippen molar-refractivity contribution in [3.05, 3.63) is 18.2 Å². The molecule has 4 nitrogen and oxygen atoms in total. The summed E-state index contributed by atoms with van der Waals surface area (Å²) in [5.74, 6) is 0.819. The summed E-state index contributed by atoms with van der Waals surface area (Å²) in [6, 6.07) is 5.48. The molecule has 0 amide bonds. The van der Waals surface area contributed by atoms with E-state index in [1.54, 1.807) is 17.8 Å². The highest BCUT2D eigenvalue weighted by molar-refractivity contribution is 7.99. The number of hydrogen-bond donors (Lipinski definition) is 1. The Balaban J connectivity index is 1.92. The zero-order valence-corrected chi connectivity index (χ0v) is 11.7. The van der Waals surface area contributed by atoms with E-state index < -0.39 is 0 Å². The lowest BCUT2D eigenvalue weighted by Crippen LogP contribution is -2.20. The molecular weight excluding hydrogens is 248 g/mol. The number of thioether (sulfide) groups is 1. The molecule has 98 valence electrons. The average molecular weight is 266 g/mol. The summed E-state index contributed by atoms with van der Waals surface area (Å²) >= 11 is 1.55. The highest BCUT2D eigenvalue weighted by Gasteiger charge is 2.10. The Kier molecular flexibility index (Phi) is 3.82. The lowest BCUT2D eigenvalue weighted by Gasteiger charge is -2.18. The lowest BCUT2D eigenvalue weighted by atomic mass is 10.2. The van der Waals surface area contributed by atoms with Gasteiger partial charge in [-0.25, -0.2) is 4.98 Å². The Morgan fingerprint density at radius 2 is 2.17 bits per heavy atom. The van der Waals surface area contributed by atoms with Crippen LogP contribution in [0.25, 0.3) is 11.1 Å². The number of hydrogen-bond acceptors (Lipinski definition) is 5. The van der Waals surface area contributed by atoms with Crippen LogP contribution in [0.5, 0.6) is 0 Å². The van der Waals surface area contributed by atoms with Gasteiger partial charge in [-0.15, -0.1) is 0 Å². The van der Waals surface area contributed by atoms with Gasteiger partial charge in [-0.2, -0.15) is 0 Å². The Bertz CT molecular complexity index is 531. The SMILES string of the molecule is CC(C)(C)OCCSc1nc2ccc(N)cc2o1. The smallest absolute Gasteiger partial charge is 0.256 e. The molecule has 0 saturated heterocycles. The monoisotopic (exact) mass is 266 g/mol. The van der Waals surface area contributed by atoms with Crippen molar-refractivity contribution in [3.63, 3.8) is 0 Å². The maximum atomic E-state index is 5.69. The van der Waals surface area contributed by atoms with E-state index in [0.717, 1.165) is 16.9 Å². The van der Waals surface area contributed by atoms with Crippen LogP contribution >= 0.6 is 11.8 Å². The number of fused-ring (bicyclic) bond motifs is 1. The van der Waals surface area contributed by atoms with Gasteiger partial charge in [-0.05, 0) is 32.9 Å². The molecule has 1 aromatic carbocycles. The molecule has 0 atom stereocenters. The second-order valence-corrected chi connectivity index (χ2v) is 6.06. The van der Waals surface area contributed by atoms with Crippen LogP contribution in [0.3, 0.4) is 0 Å². The predicted molar refractivity (Wildman–Crippen MR) is 74.9 cm³/mol. The average Bonchev–Trinajstić information content (AvgIpc) is 2.65. The molecule has 0 aliphatic heterocycles. The summed E-state index contributed by atoms with van der Waals surface area (Å²) in [6.07, 6.45) is 0. The molecule has 0 unspecified atom stereocenters. The maximum absolute atomic E-state index is 5.69. The number of ether oxygens (including phenoxy) is 1. The molecule has 2 aromatic rings. The molecule has 0 aliphatic carbocycles. The summed E-state index contributed by atoms with van der Waals surface area (Å²) in [7, 11) is 0. The molecule has 0 saturated carbocycles. The molecule has 1 aromatic heterocycles. The van der Waals surface area contributed by atoms with Gasteiger partial charge in [-0.1, -0.05) is 11.8 Å².